The maximum absolute atomic E-state index is 4.64. The molecule has 1 N–H and O–H groups in total. The van der Waals surface area contributed by atoms with Crippen LogP contribution in [0.3, 0.4) is 0 Å². The minimum atomic E-state index is 0.472. The van der Waals surface area contributed by atoms with Crippen LogP contribution >= 0.6 is 28.1 Å². The fourth-order valence-electron chi connectivity index (χ4n) is 0.461. The van der Waals surface area contributed by atoms with Gasteiger partial charge < -0.3 is 0 Å². The highest BCUT2D eigenvalue weighted by atomic mass is 79.9. The van der Waals surface area contributed by atoms with Gasteiger partial charge in [0, 0.05) is 14.1 Å². The molecule has 0 bridgehead atoms. The summed E-state index contributed by atoms with van der Waals surface area (Å²) >= 11 is 7.74. The lowest BCUT2D eigenvalue weighted by atomic mass is 11.2. The minimum absolute atomic E-state index is 0.472. The van der Waals surface area contributed by atoms with Crippen molar-refractivity contribution in [3.05, 3.63) is 9.50 Å². The third-order valence-corrected chi connectivity index (χ3v) is 2.21. The van der Waals surface area contributed by atoms with Gasteiger partial charge in [-0.25, -0.2) is 9.36 Å². The molecule has 14 heavy (non-hydrogen) atoms. The van der Waals surface area contributed by atoms with E-state index in [9.17, 15) is 0 Å². The highest BCUT2D eigenvalue weighted by Crippen LogP contribution is 1.96. The molecule has 0 radical (unpaired) electrons. The van der Waals surface area contributed by atoms with E-state index < -0.39 is 0 Å². The molecule has 0 saturated carbocycles. The van der Waals surface area contributed by atoms with Gasteiger partial charge in [-0.15, -0.1) is 5.10 Å². The Balaban J connectivity index is 0.000000140. The first-order valence-electron chi connectivity index (χ1n) is 3.43. The van der Waals surface area contributed by atoms with E-state index in [4.69, 9.17) is 0 Å². The third kappa shape index (κ3) is 2.96. The molecular weight excluding hydrogens is 272 g/mol. The van der Waals surface area contributed by atoms with Crippen molar-refractivity contribution in [1.82, 2.24) is 40.4 Å². The van der Waals surface area contributed by atoms with E-state index in [0.29, 0.717) is 9.50 Å². The van der Waals surface area contributed by atoms with Crippen LogP contribution in [0.4, 0.5) is 0 Å². The van der Waals surface area contributed by atoms with E-state index in [1.807, 2.05) is 0 Å². The lowest BCUT2D eigenvalue weighted by Gasteiger charge is -1.79. The van der Waals surface area contributed by atoms with Crippen LogP contribution in [0, 0.1) is 4.77 Å². The van der Waals surface area contributed by atoms with Crippen molar-refractivity contribution < 1.29 is 0 Å². The van der Waals surface area contributed by atoms with Gasteiger partial charge >= 0.3 is 0 Å². The molecule has 0 aliphatic heterocycles. The second-order valence-corrected chi connectivity index (χ2v) is 3.29. The highest BCUT2D eigenvalue weighted by Gasteiger charge is 1.90. The molecule has 76 valence electrons. The van der Waals surface area contributed by atoms with E-state index >= 15 is 0 Å². The first-order chi connectivity index (χ1) is 6.61. The minimum Gasteiger partial charge on any atom is -0.246 e. The Morgan fingerprint density at radius 2 is 2.07 bits per heavy atom. The standard InChI is InChI=1S/C2H3BrN4.C2H4N4S/c1-7-2(3)4-5-6-7;1-6-2(7)3-4-5-6/h1H3;1H3,(H,3,5,7). The maximum atomic E-state index is 4.64. The second kappa shape index (κ2) is 4.91. The normalized spacial score (nSPS) is 9.36. The zero-order chi connectivity index (χ0) is 10.6. The first-order valence-corrected chi connectivity index (χ1v) is 4.63. The van der Waals surface area contributed by atoms with Crippen molar-refractivity contribution >= 4 is 28.1 Å². The molecule has 0 fully saturated rings. The fourth-order valence-corrected chi connectivity index (χ4v) is 0.684. The molecule has 8 nitrogen and oxygen atoms in total. The van der Waals surface area contributed by atoms with Crippen molar-refractivity contribution in [2.24, 2.45) is 14.1 Å². The molecule has 0 spiro atoms. The number of aromatic nitrogens is 8. The summed E-state index contributed by atoms with van der Waals surface area (Å²) in [5.74, 6) is 0. The van der Waals surface area contributed by atoms with Crippen LogP contribution in [0.15, 0.2) is 4.73 Å². The van der Waals surface area contributed by atoms with Crippen molar-refractivity contribution in [2.45, 2.75) is 0 Å². The molecule has 0 aliphatic rings. The average Bonchev–Trinajstić information content (AvgIpc) is 2.67. The number of H-pyrrole nitrogens is 1. The predicted molar refractivity (Wildman–Crippen MR) is 52.7 cm³/mol. The Labute approximate surface area is 92.4 Å². The number of hydrogen-bond donors (Lipinski definition) is 1. The molecule has 2 rings (SSSR count). The van der Waals surface area contributed by atoms with Crippen LogP contribution in [0.25, 0.3) is 0 Å². The summed E-state index contributed by atoms with van der Waals surface area (Å²) in [6.45, 7) is 0. The van der Waals surface area contributed by atoms with Gasteiger partial charge in [-0.1, -0.05) is 10.3 Å². The number of tetrazole rings is 2. The molecule has 10 heteroatoms. The predicted octanol–water partition coefficient (Wildman–Crippen LogP) is -0.155. The lowest BCUT2D eigenvalue weighted by Crippen LogP contribution is -1.88. The number of rotatable bonds is 0. The van der Waals surface area contributed by atoms with E-state index in [0.717, 1.165) is 0 Å². The zero-order valence-corrected chi connectivity index (χ0v) is 9.82. The summed E-state index contributed by atoms with van der Waals surface area (Å²) in [5.41, 5.74) is 0. The molecule has 0 amide bonds. The van der Waals surface area contributed by atoms with Crippen molar-refractivity contribution in [3.63, 3.8) is 0 Å². The number of aromatic amines is 1. The SMILES string of the molecule is Cn1[nH]nnc1=S.Cn1nnnc1Br. The van der Waals surface area contributed by atoms with Gasteiger partial charge in [0.15, 0.2) is 0 Å². The Hall–Kier alpha value is -1.16. The van der Waals surface area contributed by atoms with Crippen molar-refractivity contribution in [2.75, 3.05) is 0 Å². The lowest BCUT2D eigenvalue weighted by molar-refractivity contribution is 0.700. The number of nitrogens with one attached hydrogen (secondary N) is 1. The van der Waals surface area contributed by atoms with Crippen LogP contribution < -0.4 is 0 Å². The molecule has 2 aromatic rings. The number of hydrogen-bond acceptors (Lipinski definition) is 6. The number of nitrogens with zero attached hydrogens (tertiary/aromatic N) is 7. The zero-order valence-electron chi connectivity index (χ0n) is 7.42. The maximum Gasteiger partial charge on any atom is 0.237 e. The number of aryl methyl sites for hydroxylation is 2. The van der Waals surface area contributed by atoms with Gasteiger partial charge in [-0.3, -0.25) is 0 Å². The summed E-state index contributed by atoms with van der Waals surface area (Å²) in [6, 6.07) is 0. The van der Waals surface area contributed by atoms with Gasteiger partial charge in [0.05, 0.1) is 0 Å². The summed E-state index contributed by atoms with van der Waals surface area (Å²) in [6.07, 6.45) is 0. The molecule has 0 atom stereocenters. The first kappa shape index (κ1) is 10.9. The smallest absolute Gasteiger partial charge is 0.237 e. The van der Waals surface area contributed by atoms with E-state index in [1.54, 1.807) is 18.8 Å². The summed E-state index contributed by atoms with van der Waals surface area (Å²) < 4.78 is 4.20. The largest absolute Gasteiger partial charge is 0.246 e. The molecule has 0 aliphatic carbocycles. The molecule has 0 aromatic carbocycles. The molecule has 2 aromatic heterocycles. The average molecular weight is 279 g/mol. The van der Waals surface area contributed by atoms with Crippen LogP contribution in [-0.2, 0) is 14.1 Å². The van der Waals surface area contributed by atoms with Crippen LogP contribution in [0.1, 0.15) is 0 Å². The Morgan fingerprint density at radius 1 is 1.36 bits per heavy atom. The Kier molecular flexibility index (Phi) is 3.83. The molecular formula is C4H7BrN8S. The summed E-state index contributed by atoms with van der Waals surface area (Å²) in [7, 11) is 3.51. The second-order valence-electron chi connectivity index (χ2n) is 2.21. The van der Waals surface area contributed by atoms with Gasteiger partial charge in [0.1, 0.15) is 0 Å². The highest BCUT2D eigenvalue weighted by molar-refractivity contribution is 9.10. The summed E-state index contributed by atoms with van der Waals surface area (Å²) in [4.78, 5) is 0. The third-order valence-electron chi connectivity index (χ3n) is 1.19. The van der Waals surface area contributed by atoms with Gasteiger partial charge in [-0.05, 0) is 38.6 Å². The Morgan fingerprint density at radius 3 is 2.21 bits per heavy atom. The quantitative estimate of drug-likeness (QED) is 0.674. The van der Waals surface area contributed by atoms with E-state index in [2.05, 4.69) is 59.2 Å². The molecule has 0 unspecified atom stereocenters. The van der Waals surface area contributed by atoms with E-state index in [-0.39, 0.29) is 0 Å². The van der Waals surface area contributed by atoms with Crippen LogP contribution in [0.2, 0.25) is 0 Å². The number of halogens is 1. The topological polar surface area (TPSA) is 90.1 Å². The fraction of sp³-hybridized carbons (Fsp3) is 0.500. The van der Waals surface area contributed by atoms with Gasteiger partial charge in [0.2, 0.25) is 9.50 Å². The van der Waals surface area contributed by atoms with Crippen molar-refractivity contribution in [3.8, 4) is 0 Å². The van der Waals surface area contributed by atoms with Crippen LogP contribution in [0.5, 0.6) is 0 Å². The van der Waals surface area contributed by atoms with Crippen LogP contribution in [-0.4, -0.2) is 40.4 Å². The monoisotopic (exact) mass is 278 g/mol. The molecule has 0 saturated heterocycles. The van der Waals surface area contributed by atoms with Crippen molar-refractivity contribution in [1.29, 1.82) is 0 Å². The van der Waals surface area contributed by atoms with Gasteiger partial charge in [-0.2, -0.15) is 5.21 Å². The van der Waals surface area contributed by atoms with E-state index in [1.165, 1.54) is 4.68 Å². The van der Waals surface area contributed by atoms with Gasteiger partial charge in [0.25, 0.3) is 0 Å². The molecule has 2 heterocycles. The summed E-state index contributed by atoms with van der Waals surface area (Å²) in [5, 5.41) is 19.8. The Bertz CT molecular complexity index is 425.